The van der Waals surface area contributed by atoms with Gasteiger partial charge in [0.2, 0.25) is 0 Å². The van der Waals surface area contributed by atoms with Crippen molar-refractivity contribution in [3.63, 3.8) is 0 Å². The van der Waals surface area contributed by atoms with Crippen LogP contribution in [0.5, 0.6) is 11.5 Å². The molecule has 0 amide bonds. The Balaban J connectivity index is 1.15. The highest BCUT2D eigenvalue weighted by molar-refractivity contribution is 6.24. The van der Waals surface area contributed by atoms with Crippen LogP contribution in [0.2, 0.25) is 0 Å². The van der Waals surface area contributed by atoms with Crippen LogP contribution < -0.4 is 4.74 Å². The maximum absolute atomic E-state index is 6.36. The van der Waals surface area contributed by atoms with E-state index in [1.54, 1.807) is 0 Å². The molecule has 0 saturated heterocycles. The van der Waals surface area contributed by atoms with Crippen molar-refractivity contribution in [3.8, 4) is 50.6 Å². The molecule has 0 saturated carbocycles. The van der Waals surface area contributed by atoms with Crippen LogP contribution in [0, 0.1) is 0 Å². The van der Waals surface area contributed by atoms with Crippen LogP contribution in [-0.4, -0.2) is 4.57 Å². The normalized spacial score (nSPS) is 12.1. The first-order chi connectivity index (χ1) is 22.8. The summed E-state index contributed by atoms with van der Waals surface area (Å²) in [4.78, 5) is 0. The number of nitrogens with zero attached hydrogens (tertiary/aromatic N) is 1. The second-order valence-electron chi connectivity index (χ2n) is 12.1. The number of para-hydroxylation sites is 2. The summed E-state index contributed by atoms with van der Waals surface area (Å²) in [6.45, 7) is 0. The van der Waals surface area contributed by atoms with Crippen molar-refractivity contribution in [2.75, 3.05) is 0 Å². The molecule has 0 spiro atoms. The number of hydrogen-bond donors (Lipinski definition) is 0. The summed E-state index contributed by atoms with van der Waals surface area (Å²) in [5.41, 5.74) is 10.8. The number of ether oxygens (including phenoxy) is 1. The van der Waals surface area contributed by atoms with E-state index in [1.165, 1.54) is 76.9 Å². The SMILES string of the molecule is c1ccc(-n2c3ccccc3c3c(-c4ccc(-c5ccc6c(c5)-c5cccc7cccc(c57)O6)cc4)cc4ccccc4c32)cc1. The van der Waals surface area contributed by atoms with E-state index in [9.17, 15) is 0 Å². The molecule has 8 aromatic carbocycles. The lowest BCUT2D eigenvalue weighted by molar-refractivity contribution is 0.487. The Morgan fingerprint density at radius 1 is 0.391 bits per heavy atom. The molecular weight excluding hydrogens is 558 g/mol. The zero-order chi connectivity index (χ0) is 30.2. The molecular formula is C44H27NO. The molecule has 46 heavy (non-hydrogen) atoms. The Bertz CT molecular complexity index is 2640. The van der Waals surface area contributed by atoms with Gasteiger partial charge in [-0.05, 0) is 81.1 Å². The minimum Gasteiger partial charge on any atom is -0.456 e. The summed E-state index contributed by atoms with van der Waals surface area (Å²) < 4.78 is 8.79. The van der Waals surface area contributed by atoms with Crippen molar-refractivity contribution in [1.82, 2.24) is 4.57 Å². The lowest BCUT2D eigenvalue weighted by Crippen LogP contribution is -1.97. The third kappa shape index (κ3) is 3.65. The Hall–Kier alpha value is -6.12. The van der Waals surface area contributed by atoms with E-state index in [-0.39, 0.29) is 0 Å². The molecule has 0 fully saturated rings. The lowest BCUT2D eigenvalue weighted by Gasteiger charge is -2.22. The van der Waals surface area contributed by atoms with Gasteiger partial charge in [0, 0.05) is 32.8 Å². The second-order valence-corrected chi connectivity index (χ2v) is 12.1. The van der Waals surface area contributed by atoms with Crippen molar-refractivity contribution in [3.05, 3.63) is 164 Å². The van der Waals surface area contributed by atoms with Gasteiger partial charge in [-0.3, -0.25) is 0 Å². The van der Waals surface area contributed by atoms with Gasteiger partial charge in [-0.15, -0.1) is 0 Å². The van der Waals surface area contributed by atoms with E-state index >= 15 is 0 Å². The Morgan fingerprint density at radius 2 is 1.09 bits per heavy atom. The molecule has 0 aliphatic carbocycles. The molecule has 1 aliphatic rings. The van der Waals surface area contributed by atoms with Gasteiger partial charge in [0.1, 0.15) is 11.5 Å². The van der Waals surface area contributed by atoms with Crippen LogP contribution in [0.4, 0.5) is 0 Å². The van der Waals surface area contributed by atoms with Crippen molar-refractivity contribution in [2.24, 2.45) is 0 Å². The average Bonchev–Trinajstić information content (AvgIpc) is 3.48. The molecule has 2 heteroatoms. The van der Waals surface area contributed by atoms with Crippen LogP contribution in [0.25, 0.3) is 82.4 Å². The maximum atomic E-state index is 6.36. The van der Waals surface area contributed by atoms with Gasteiger partial charge in [0.25, 0.3) is 0 Å². The zero-order valence-corrected chi connectivity index (χ0v) is 24.9. The fourth-order valence-corrected chi connectivity index (χ4v) is 7.49. The number of fused-ring (bicyclic) bond motifs is 7. The molecule has 2 heterocycles. The largest absolute Gasteiger partial charge is 0.456 e. The molecule has 0 atom stereocenters. The molecule has 214 valence electrons. The van der Waals surface area contributed by atoms with Crippen molar-refractivity contribution in [2.45, 2.75) is 0 Å². The highest BCUT2D eigenvalue weighted by Crippen LogP contribution is 2.48. The van der Waals surface area contributed by atoms with Crippen LogP contribution in [0.15, 0.2) is 164 Å². The monoisotopic (exact) mass is 585 g/mol. The fourth-order valence-electron chi connectivity index (χ4n) is 7.49. The molecule has 0 N–H and O–H groups in total. The molecule has 0 bridgehead atoms. The van der Waals surface area contributed by atoms with E-state index in [0.29, 0.717) is 0 Å². The van der Waals surface area contributed by atoms with Gasteiger partial charge < -0.3 is 9.30 Å². The van der Waals surface area contributed by atoms with E-state index in [0.717, 1.165) is 17.1 Å². The van der Waals surface area contributed by atoms with Crippen LogP contribution in [0.3, 0.4) is 0 Å². The van der Waals surface area contributed by atoms with E-state index in [1.807, 2.05) is 0 Å². The fraction of sp³-hybridized carbons (Fsp3) is 0. The summed E-state index contributed by atoms with van der Waals surface area (Å²) in [5.74, 6) is 1.83. The first kappa shape index (κ1) is 25.2. The second kappa shape index (κ2) is 9.69. The van der Waals surface area contributed by atoms with Gasteiger partial charge in [-0.25, -0.2) is 0 Å². The summed E-state index contributed by atoms with van der Waals surface area (Å²) in [6, 6.07) is 59.0. The van der Waals surface area contributed by atoms with Crippen LogP contribution >= 0.6 is 0 Å². The first-order valence-electron chi connectivity index (χ1n) is 15.8. The molecule has 2 nitrogen and oxygen atoms in total. The summed E-state index contributed by atoms with van der Waals surface area (Å²) in [5, 5.41) is 7.41. The third-order valence-corrected chi connectivity index (χ3v) is 9.56. The average molecular weight is 586 g/mol. The van der Waals surface area contributed by atoms with Gasteiger partial charge in [-0.2, -0.15) is 0 Å². The Kier molecular flexibility index (Phi) is 5.31. The maximum Gasteiger partial charge on any atom is 0.135 e. The molecule has 1 aromatic heterocycles. The minimum absolute atomic E-state index is 0.903. The molecule has 1 aliphatic heterocycles. The van der Waals surface area contributed by atoms with Gasteiger partial charge in [0.15, 0.2) is 0 Å². The Labute approximate surface area is 266 Å². The van der Waals surface area contributed by atoms with Gasteiger partial charge in [-0.1, -0.05) is 121 Å². The minimum atomic E-state index is 0.903. The van der Waals surface area contributed by atoms with Gasteiger partial charge >= 0.3 is 0 Å². The van der Waals surface area contributed by atoms with Crippen LogP contribution in [-0.2, 0) is 0 Å². The highest BCUT2D eigenvalue weighted by Gasteiger charge is 2.21. The summed E-state index contributed by atoms with van der Waals surface area (Å²) >= 11 is 0. The smallest absolute Gasteiger partial charge is 0.135 e. The summed E-state index contributed by atoms with van der Waals surface area (Å²) in [6.07, 6.45) is 0. The van der Waals surface area contributed by atoms with E-state index in [4.69, 9.17) is 4.74 Å². The number of aromatic nitrogens is 1. The zero-order valence-electron chi connectivity index (χ0n) is 24.9. The molecule has 0 unspecified atom stereocenters. The molecule has 10 rings (SSSR count). The first-order valence-corrected chi connectivity index (χ1v) is 15.8. The quantitative estimate of drug-likeness (QED) is 0.201. The predicted octanol–water partition coefficient (Wildman–Crippen LogP) is 12.2. The summed E-state index contributed by atoms with van der Waals surface area (Å²) in [7, 11) is 0. The van der Waals surface area contributed by atoms with Crippen LogP contribution in [0.1, 0.15) is 0 Å². The third-order valence-electron chi connectivity index (χ3n) is 9.56. The van der Waals surface area contributed by atoms with E-state index < -0.39 is 0 Å². The van der Waals surface area contributed by atoms with Crippen molar-refractivity contribution in [1.29, 1.82) is 0 Å². The predicted molar refractivity (Wildman–Crippen MR) is 192 cm³/mol. The Morgan fingerprint density at radius 3 is 1.96 bits per heavy atom. The van der Waals surface area contributed by atoms with Crippen molar-refractivity contribution < 1.29 is 4.74 Å². The molecule has 0 radical (unpaired) electrons. The lowest BCUT2D eigenvalue weighted by atomic mass is 9.91. The number of rotatable bonds is 3. The van der Waals surface area contributed by atoms with E-state index in [2.05, 4.69) is 168 Å². The highest BCUT2D eigenvalue weighted by atomic mass is 16.5. The molecule has 9 aromatic rings. The standard InChI is InChI=1S/C44H27NO/c1-2-13-33(14-3-1)45-39-18-7-6-16-36(39)43-37(27-32-10-4-5-15-34(32)44(43)45)29-22-20-28(21-23-29)31-24-25-40-38(26-31)35-17-8-11-30-12-9-19-41(46-40)42(30)35/h1-27H. The van der Waals surface area contributed by atoms with Crippen molar-refractivity contribution >= 4 is 43.4 Å². The number of benzene rings is 8. The number of hydrogen-bond acceptors (Lipinski definition) is 1. The topological polar surface area (TPSA) is 14.2 Å². The van der Waals surface area contributed by atoms with Gasteiger partial charge in [0.05, 0.1) is 11.0 Å².